The molecular formula is C21H19ClN4O2S. The van der Waals surface area contributed by atoms with Crippen molar-refractivity contribution in [3.63, 3.8) is 0 Å². The smallest absolute Gasteiger partial charge is 0.258 e. The lowest BCUT2D eigenvalue weighted by Gasteiger charge is -2.27. The van der Waals surface area contributed by atoms with Gasteiger partial charge >= 0.3 is 0 Å². The Bertz CT molecular complexity index is 1040. The number of thioether (sulfide) groups is 1. The molecule has 2 aliphatic rings. The minimum Gasteiger partial charge on any atom is -0.325 e. The number of para-hydroxylation sites is 1. The predicted octanol–water partition coefficient (Wildman–Crippen LogP) is 4.47. The van der Waals surface area contributed by atoms with Gasteiger partial charge < -0.3 is 5.32 Å². The highest BCUT2D eigenvalue weighted by Crippen LogP contribution is 2.35. The summed E-state index contributed by atoms with van der Waals surface area (Å²) in [4.78, 5) is 36.3. The molecular weight excluding hydrogens is 408 g/mol. The van der Waals surface area contributed by atoms with E-state index >= 15 is 0 Å². The van der Waals surface area contributed by atoms with Gasteiger partial charge in [-0.25, -0.2) is 9.89 Å². The van der Waals surface area contributed by atoms with Crippen LogP contribution < -0.4 is 5.32 Å². The third-order valence-corrected chi connectivity index (χ3v) is 6.25. The molecule has 0 fully saturated rings. The number of hydrogen-bond donors (Lipinski definition) is 1. The van der Waals surface area contributed by atoms with E-state index in [9.17, 15) is 9.59 Å². The van der Waals surface area contributed by atoms with Crippen molar-refractivity contribution in [2.75, 3.05) is 5.32 Å². The van der Waals surface area contributed by atoms with E-state index in [4.69, 9.17) is 11.6 Å². The Morgan fingerprint density at radius 3 is 2.69 bits per heavy atom. The summed E-state index contributed by atoms with van der Waals surface area (Å²) in [5.41, 5.74) is 2.25. The van der Waals surface area contributed by atoms with Gasteiger partial charge in [0.2, 0.25) is 5.91 Å². The van der Waals surface area contributed by atoms with Gasteiger partial charge in [-0.2, -0.15) is 0 Å². The van der Waals surface area contributed by atoms with Crippen LogP contribution in [0, 0.1) is 0 Å². The SMILES string of the molecule is CCC(SC1=Nc2ccccc2C2=NC(C)C(=O)N12)C(=O)Nc1ccc(Cl)cc1. The fourth-order valence-corrected chi connectivity index (χ4v) is 4.31. The minimum atomic E-state index is -0.468. The van der Waals surface area contributed by atoms with Crippen LogP contribution in [0.25, 0.3) is 0 Å². The highest BCUT2D eigenvalue weighted by Gasteiger charge is 2.40. The van der Waals surface area contributed by atoms with E-state index in [1.54, 1.807) is 31.2 Å². The van der Waals surface area contributed by atoms with Crippen molar-refractivity contribution >= 4 is 57.6 Å². The molecule has 148 valence electrons. The van der Waals surface area contributed by atoms with Crippen molar-refractivity contribution in [1.82, 2.24) is 4.90 Å². The van der Waals surface area contributed by atoms with Gasteiger partial charge in [0.25, 0.3) is 5.91 Å². The minimum absolute atomic E-state index is 0.131. The van der Waals surface area contributed by atoms with Gasteiger partial charge in [-0.1, -0.05) is 42.4 Å². The van der Waals surface area contributed by atoms with Crippen LogP contribution in [0.3, 0.4) is 0 Å². The van der Waals surface area contributed by atoms with Crippen molar-refractivity contribution in [3.8, 4) is 0 Å². The third-order valence-electron chi connectivity index (χ3n) is 4.68. The van der Waals surface area contributed by atoms with Crippen LogP contribution in [0.4, 0.5) is 11.4 Å². The highest BCUT2D eigenvalue weighted by atomic mass is 35.5. The van der Waals surface area contributed by atoms with Gasteiger partial charge in [0.15, 0.2) is 5.17 Å². The molecule has 2 unspecified atom stereocenters. The number of nitrogens with zero attached hydrogens (tertiary/aromatic N) is 3. The lowest BCUT2D eigenvalue weighted by atomic mass is 10.1. The largest absolute Gasteiger partial charge is 0.325 e. The molecule has 0 aliphatic carbocycles. The van der Waals surface area contributed by atoms with Gasteiger partial charge in [-0.3, -0.25) is 14.6 Å². The van der Waals surface area contributed by atoms with Crippen molar-refractivity contribution in [2.45, 2.75) is 31.6 Å². The zero-order valence-corrected chi connectivity index (χ0v) is 17.5. The van der Waals surface area contributed by atoms with Gasteiger partial charge in [-0.15, -0.1) is 0 Å². The van der Waals surface area contributed by atoms with Gasteiger partial charge in [-0.05, 0) is 49.7 Å². The number of amidine groups is 2. The fraction of sp³-hybridized carbons (Fsp3) is 0.238. The molecule has 2 aromatic carbocycles. The second kappa shape index (κ2) is 8.00. The summed E-state index contributed by atoms with van der Waals surface area (Å²) < 4.78 is 0. The summed E-state index contributed by atoms with van der Waals surface area (Å²) in [5.74, 6) is 0.317. The summed E-state index contributed by atoms with van der Waals surface area (Å²) in [7, 11) is 0. The molecule has 4 rings (SSSR count). The van der Waals surface area contributed by atoms with E-state index in [-0.39, 0.29) is 11.8 Å². The number of fused-ring (bicyclic) bond motifs is 3. The number of nitrogens with one attached hydrogen (secondary N) is 1. The summed E-state index contributed by atoms with van der Waals surface area (Å²) >= 11 is 7.18. The molecule has 1 N–H and O–H groups in total. The maximum Gasteiger partial charge on any atom is 0.258 e. The number of halogens is 1. The molecule has 2 heterocycles. The molecule has 2 aromatic rings. The first-order valence-corrected chi connectivity index (χ1v) is 10.6. The van der Waals surface area contributed by atoms with E-state index in [1.807, 2.05) is 31.2 Å². The predicted molar refractivity (Wildman–Crippen MR) is 118 cm³/mol. The van der Waals surface area contributed by atoms with Crippen LogP contribution in [0.15, 0.2) is 58.5 Å². The van der Waals surface area contributed by atoms with E-state index < -0.39 is 11.3 Å². The van der Waals surface area contributed by atoms with Crippen LogP contribution >= 0.6 is 23.4 Å². The Balaban J connectivity index is 1.60. The van der Waals surface area contributed by atoms with Gasteiger partial charge in [0.1, 0.15) is 11.9 Å². The van der Waals surface area contributed by atoms with Crippen molar-refractivity contribution in [3.05, 3.63) is 59.1 Å². The second-order valence-electron chi connectivity index (χ2n) is 6.72. The molecule has 0 aromatic heterocycles. The first-order chi connectivity index (χ1) is 14.0. The van der Waals surface area contributed by atoms with E-state index in [0.29, 0.717) is 28.1 Å². The van der Waals surface area contributed by atoms with E-state index in [1.165, 1.54) is 16.7 Å². The molecule has 2 atom stereocenters. The number of carbonyl (C=O) groups excluding carboxylic acids is 2. The van der Waals surface area contributed by atoms with Crippen LogP contribution in [0.5, 0.6) is 0 Å². The average molecular weight is 427 g/mol. The van der Waals surface area contributed by atoms with Crippen molar-refractivity contribution in [2.24, 2.45) is 9.98 Å². The first-order valence-electron chi connectivity index (χ1n) is 9.31. The number of hydrogen-bond acceptors (Lipinski definition) is 5. The van der Waals surface area contributed by atoms with Gasteiger partial charge in [0, 0.05) is 16.3 Å². The number of rotatable bonds is 4. The first kappa shape index (κ1) is 19.7. The Hall–Kier alpha value is -2.64. The molecule has 8 heteroatoms. The van der Waals surface area contributed by atoms with E-state index in [0.717, 1.165) is 11.3 Å². The molecule has 0 saturated carbocycles. The molecule has 29 heavy (non-hydrogen) atoms. The summed E-state index contributed by atoms with van der Waals surface area (Å²) in [6.45, 7) is 3.70. The number of aliphatic imine (C=N–C) groups is 2. The zero-order valence-electron chi connectivity index (χ0n) is 15.9. The summed E-state index contributed by atoms with van der Waals surface area (Å²) in [6, 6.07) is 14.1. The zero-order chi connectivity index (χ0) is 20.5. The number of carbonyl (C=O) groups is 2. The Morgan fingerprint density at radius 2 is 1.97 bits per heavy atom. The highest BCUT2D eigenvalue weighted by molar-refractivity contribution is 8.15. The third kappa shape index (κ3) is 3.80. The molecule has 0 radical (unpaired) electrons. The Morgan fingerprint density at radius 1 is 1.24 bits per heavy atom. The van der Waals surface area contributed by atoms with Crippen LogP contribution in [-0.2, 0) is 9.59 Å². The second-order valence-corrected chi connectivity index (χ2v) is 8.33. The van der Waals surface area contributed by atoms with Gasteiger partial charge in [0.05, 0.1) is 10.9 Å². The monoisotopic (exact) mass is 426 g/mol. The maximum absolute atomic E-state index is 12.8. The molecule has 6 nitrogen and oxygen atoms in total. The lowest BCUT2D eigenvalue weighted by Crippen LogP contribution is -2.42. The lowest BCUT2D eigenvalue weighted by molar-refractivity contribution is -0.124. The van der Waals surface area contributed by atoms with Crippen molar-refractivity contribution < 1.29 is 9.59 Å². The topological polar surface area (TPSA) is 74.1 Å². The van der Waals surface area contributed by atoms with Crippen molar-refractivity contribution in [1.29, 1.82) is 0 Å². The van der Waals surface area contributed by atoms with Crippen LogP contribution in [0.2, 0.25) is 5.02 Å². The van der Waals surface area contributed by atoms with E-state index in [2.05, 4.69) is 15.3 Å². The molecule has 0 saturated heterocycles. The molecule has 0 spiro atoms. The summed E-state index contributed by atoms with van der Waals surface area (Å²) in [5, 5.41) is 3.57. The fourth-order valence-electron chi connectivity index (χ4n) is 3.16. The standard InChI is InChI=1S/C21H19ClN4O2S/c1-3-17(19(27)24-14-10-8-13(22)9-11-14)29-21-25-16-7-5-4-6-15(16)18-23-12(2)20(28)26(18)21/h4-12,17H,3H2,1-2H3,(H,24,27). The summed E-state index contributed by atoms with van der Waals surface area (Å²) in [6.07, 6.45) is 0.578. The average Bonchev–Trinajstić information content (AvgIpc) is 3.03. The van der Waals surface area contributed by atoms with Crippen LogP contribution in [-0.4, -0.2) is 39.0 Å². The Kier molecular flexibility index (Phi) is 5.43. The van der Waals surface area contributed by atoms with Crippen LogP contribution in [0.1, 0.15) is 25.8 Å². The molecule has 0 bridgehead atoms. The maximum atomic E-state index is 12.8. The normalized spacial score (nSPS) is 18.5. The number of anilines is 1. The Labute approximate surface area is 178 Å². The molecule has 2 amide bonds. The number of benzene rings is 2. The molecule has 2 aliphatic heterocycles. The number of amides is 2. The quantitative estimate of drug-likeness (QED) is 0.783.